The van der Waals surface area contributed by atoms with Crippen LogP contribution in [0.1, 0.15) is 44.9 Å². The Morgan fingerprint density at radius 3 is 2.56 bits per heavy atom. The van der Waals surface area contributed by atoms with Crippen LogP contribution in [0.25, 0.3) is 0 Å². The molecule has 1 aliphatic rings. The molecule has 0 aliphatic heterocycles. The quantitative estimate of drug-likeness (QED) is 0.805. The molecule has 88 valence electrons. The fourth-order valence-electron chi connectivity index (χ4n) is 2.29. The molecule has 0 amide bonds. The maximum atomic E-state index is 11.1. The SMILES string of the molecule is O=c1cc(NC2CCCCCCC2)cn[nH]1. The number of anilines is 1. The van der Waals surface area contributed by atoms with Gasteiger partial charge in [-0.15, -0.1) is 0 Å². The van der Waals surface area contributed by atoms with E-state index in [4.69, 9.17) is 0 Å². The molecule has 1 fully saturated rings. The Morgan fingerprint density at radius 2 is 1.88 bits per heavy atom. The lowest BCUT2D eigenvalue weighted by atomic mass is 9.96. The molecule has 0 atom stereocenters. The average molecular weight is 221 g/mol. The van der Waals surface area contributed by atoms with Crippen LogP contribution in [-0.2, 0) is 0 Å². The van der Waals surface area contributed by atoms with E-state index in [0.29, 0.717) is 6.04 Å². The molecule has 1 aromatic rings. The van der Waals surface area contributed by atoms with E-state index in [2.05, 4.69) is 15.5 Å². The first-order valence-corrected chi connectivity index (χ1v) is 6.16. The summed E-state index contributed by atoms with van der Waals surface area (Å²) in [4.78, 5) is 11.1. The zero-order chi connectivity index (χ0) is 11.2. The number of hydrogen-bond donors (Lipinski definition) is 2. The molecular weight excluding hydrogens is 202 g/mol. The van der Waals surface area contributed by atoms with Crippen molar-refractivity contribution in [1.29, 1.82) is 0 Å². The minimum atomic E-state index is -0.143. The van der Waals surface area contributed by atoms with Crippen LogP contribution in [0, 0.1) is 0 Å². The standard InChI is InChI=1S/C12H19N3O/c16-12-8-11(9-13-15-12)14-10-6-4-2-1-3-5-7-10/h8-10H,1-7H2,(H2,14,15,16). The summed E-state index contributed by atoms with van der Waals surface area (Å²) in [5.74, 6) is 0. The lowest BCUT2D eigenvalue weighted by Gasteiger charge is -2.21. The van der Waals surface area contributed by atoms with E-state index in [1.807, 2.05) is 0 Å². The molecule has 1 aromatic heterocycles. The molecule has 4 heteroatoms. The van der Waals surface area contributed by atoms with Crippen molar-refractivity contribution in [3.05, 3.63) is 22.6 Å². The van der Waals surface area contributed by atoms with Gasteiger partial charge in [-0.1, -0.05) is 32.1 Å². The number of nitrogens with zero attached hydrogens (tertiary/aromatic N) is 1. The number of nitrogens with one attached hydrogen (secondary N) is 2. The average Bonchev–Trinajstić information content (AvgIpc) is 2.22. The number of rotatable bonds is 2. The van der Waals surface area contributed by atoms with Gasteiger partial charge in [0.25, 0.3) is 5.56 Å². The second kappa shape index (κ2) is 5.68. The van der Waals surface area contributed by atoms with Crippen LogP contribution in [-0.4, -0.2) is 16.2 Å². The number of hydrogen-bond acceptors (Lipinski definition) is 3. The third kappa shape index (κ3) is 3.36. The third-order valence-electron chi connectivity index (χ3n) is 3.14. The minimum absolute atomic E-state index is 0.143. The van der Waals surface area contributed by atoms with Crippen molar-refractivity contribution in [2.24, 2.45) is 0 Å². The summed E-state index contributed by atoms with van der Waals surface area (Å²) in [5.41, 5.74) is 0.699. The summed E-state index contributed by atoms with van der Waals surface area (Å²) in [6.07, 6.45) is 10.7. The summed E-state index contributed by atoms with van der Waals surface area (Å²) in [7, 11) is 0. The molecule has 4 nitrogen and oxygen atoms in total. The van der Waals surface area contributed by atoms with Gasteiger partial charge >= 0.3 is 0 Å². The second-order valence-corrected chi connectivity index (χ2v) is 4.52. The Balaban J connectivity index is 1.94. The van der Waals surface area contributed by atoms with Crippen molar-refractivity contribution >= 4 is 5.69 Å². The first kappa shape index (κ1) is 11.2. The fraction of sp³-hybridized carbons (Fsp3) is 0.667. The molecule has 1 saturated carbocycles. The third-order valence-corrected chi connectivity index (χ3v) is 3.14. The van der Waals surface area contributed by atoms with Crippen molar-refractivity contribution in [3.63, 3.8) is 0 Å². The first-order chi connectivity index (χ1) is 7.84. The van der Waals surface area contributed by atoms with Gasteiger partial charge in [-0.3, -0.25) is 4.79 Å². The lowest BCUT2D eigenvalue weighted by molar-refractivity contribution is 0.471. The maximum Gasteiger partial charge on any atom is 0.266 e. The zero-order valence-electron chi connectivity index (χ0n) is 9.54. The van der Waals surface area contributed by atoms with Crippen molar-refractivity contribution in [3.8, 4) is 0 Å². The molecular formula is C12H19N3O. The molecule has 1 aliphatic carbocycles. The van der Waals surface area contributed by atoms with Gasteiger partial charge in [-0.25, -0.2) is 5.10 Å². The highest BCUT2D eigenvalue weighted by atomic mass is 16.1. The molecule has 0 aromatic carbocycles. The molecule has 0 spiro atoms. The van der Waals surface area contributed by atoms with Gasteiger partial charge in [-0.2, -0.15) is 5.10 Å². The van der Waals surface area contributed by atoms with E-state index in [1.165, 1.54) is 44.9 Å². The lowest BCUT2D eigenvalue weighted by Crippen LogP contribution is -2.22. The Morgan fingerprint density at radius 1 is 1.19 bits per heavy atom. The Hall–Kier alpha value is -1.32. The molecule has 0 saturated heterocycles. The topological polar surface area (TPSA) is 57.8 Å². The van der Waals surface area contributed by atoms with Crippen molar-refractivity contribution in [2.45, 2.75) is 51.0 Å². The summed E-state index contributed by atoms with van der Waals surface area (Å²) in [6.45, 7) is 0. The Bertz CT molecular complexity index is 367. The van der Waals surface area contributed by atoms with Gasteiger partial charge in [0.15, 0.2) is 0 Å². The summed E-state index contributed by atoms with van der Waals surface area (Å²) >= 11 is 0. The van der Waals surface area contributed by atoms with Crippen LogP contribution >= 0.6 is 0 Å². The minimum Gasteiger partial charge on any atom is -0.381 e. The van der Waals surface area contributed by atoms with Crippen molar-refractivity contribution in [1.82, 2.24) is 10.2 Å². The monoisotopic (exact) mass is 221 g/mol. The predicted octanol–water partition coefficient (Wildman–Crippen LogP) is 2.29. The van der Waals surface area contributed by atoms with Gasteiger partial charge in [0, 0.05) is 12.1 Å². The zero-order valence-corrected chi connectivity index (χ0v) is 9.54. The van der Waals surface area contributed by atoms with E-state index in [9.17, 15) is 4.79 Å². The number of H-pyrrole nitrogens is 1. The van der Waals surface area contributed by atoms with E-state index in [0.717, 1.165) is 5.69 Å². The fourth-order valence-corrected chi connectivity index (χ4v) is 2.29. The molecule has 0 bridgehead atoms. The van der Waals surface area contributed by atoms with Gasteiger partial charge in [0.05, 0.1) is 11.9 Å². The van der Waals surface area contributed by atoms with Crippen molar-refractivity contribution < 1.29 is 0 Å². The van der Waals surface area contributed by atoms with E-state index in [-0.39, 0.29) is 5.56 Å². The molecule has 16 heavy (non-hydrogen) atoms. The highest BCUT2D eigenvalue weighted by molar-refractivity contribution is 5.39. The first-order valence-electron chi connectivity index (χ1n) is 6.16. The molecule has 2 rings (SSSR count). The number of aromatic nitrogens is 2. The van der Waals surface area contributed by atoms with Crippen LogP contribution in [0.4, 0.5) is 5.69 Å². The van der Waals surface area contributed by atoms with Gasteiger partial charge in [-0.05, 0) is 12.8 Å². The summed E-state index contributed by atoms with van der Waals surface area (Å²) < 4.78 is 0. The van der Waals surface area contributed by atoms with Crippen LogP contribution in [0.15, 0.2) is 17.1 Å². The predicted molar refractivity (Wildman–Crippen MR) is 64.6 cm³/mol. The smallest absolute Gasteiger partial charge is 0.266 e. The number of aromatic amines is 1. The highest BCUT2D eigenvalue weighted by Crippen LogP contribution is 2.19. The molecule has 0 unspecified atom stereocenters. The van der Waals surface area contributed by atoms with E-state index in [1.54, 1.807) is 12.3 Å². The Kier molecular flexibility index (Phi) is 3.97. The maximum absolute atomic E-state index is 11.1. The molecule has 0 radical (unpaired) electrons. The van der Waals surface area contributed by atoms with Crippen molar-refractivity contribution in [2.75, 3.05) is 5.32 Å². The van der Waals surface area contributed by atoms with Crippen LogP contribution < -0.4 is 10.9 Å². The summed E-state index contributed by atoms with van der Waals surface area (Å²) in [6, 6.07) is 2.08. The van der Waals surface area contributed by atoms with E-state index < -0.39 is 0 Å². The largest absolute Gasteiger partial charge is 0.381 e. The molecule has 1 heterocycles. The van der Waals surface area contributed by atoms with Gasteiger partial charge in [0.2, 0.25) is 0 Å². The second-order valence-electron chi connectivity index (χ2n) is 4.52. The Labute approximate surface area is 95.5 Å². The van der Waals surface area contributed by atoms with Crippen LogP contribution in [0.5, 0.6) is 0 Å². The summed E-state index contributed by atoms with van der Waals surface area (Å²) in [5, 5.41) is 9.58. The van der Waals surface area contributed by atoms with Crippen LogP contribution in [0.2, 0.25) is 0 Å². The molecule has 2 N–H and O–H groups in total. The van der Waals surface area contributed by atoms with Gasteiger partial charge in [0.1, 0.15) is 0 Å². The van der Waals surface area contributed by atoms with Gasteiger partial charge < -0.3 is 5.32 Å². The highest BCUT2D eigenvalue weighted by Gasteiger charge is 2.11. The van der Waals surface area contributed by atoms with Crippen LogP contribution in [0.3, 0.4) is 0 Å². The normalized spacial score (nSPS) is 18.8. The van der Waals surface area contributed by atoms with E-state index >= 15 is 0 Å².